The van der Waals surface area contributed by atoms with Gasteiger partial charge >= 0.3 is 0 Å². The third-order valence-electron chi connectivity index (χ3n) is 2.63. The fourth-order valence-corrected chi connectivity index (χ4v) is 1.73. The minimum Gasteiger partial charge on any atom is -0.377 e. The van der Waals surface area contributed by atoms with Crippen molar-refractivity contribution in [1.29, 1.82) is 0 Å². The number of pyridine rings is 1. The molecule has 0 amide bonds. The smallest absolute Gasteiger partial charge is 0.0623 e. The molecule has 1 unspecified atom stereocenters. The fraction of sp³-hybridized carbons (Fsp3) is 0.643. The van der Waals surface area contributed by atoms with E-state index in [1.165, 1.54) is 5.56 Å². The van der Waals surface area contributed by atoms with E-state index in [1.54, 1.807) is 0 Å². The van der Waals surface area contributed by atoms with E-state index < -0.39 is 0 Å². The second kappa shape index (κ2) is 8.20. The molecule has 1 atom stereocenters. The quantitative estimate of drug-likeness (QED) is 0.752. The minimum absolute atomic E-state index is 0.301. The van der Waals surface area contributed by atoms with Gasteiger partial charge in [-0.25, -0.2) is 0 Å². The molecule has 0 aliphatic carbocycles. The van der Waals surface area contributed by atoms with Crippen LogP contribution in [0.1, 0.15) is 32.8 Å². The summed E-state index contributed by atoms with van der Waals surface area (Å²) in [6.07, 6.45) is 6.19. The third-order valence-corrected chi connectivity index (χ3v) is 2.63. The van der Waals surface area contributed by atoms with E-state index in [1.807, 2.05) is 18.5 Å². The van der Waals surface area contributed by atoms with E-state index in [-0.39, 0.29) is 0 Å². The van der Waals surface area contributed by atoms with Crippen molar-refractivity contribution in [1.82, 2.24) is 10.3 Å². The average Bonchev–Trinajstić information content (AvgIpc) is 2.34. The van der Waals surface area contributed by atoms with Crippen molar-refractivity contribution in [2.24, 2.45) is 0 Å². The molecule has 0 fully saturated rings. The molecule has 0 aromatic carbocycles. The van der Waals surface area contributed by atoms with Gasteiger partial charge in [-0.15, -0.1) is 0 Å². The van der Waals surface area contributed by atoms with E-state index in [0.717, 1.165) is 26.0 Å². The number of likely N-dealkylation sites (N-methyl/N-ethyl adjacent to an activating group) is 1. The molecule has 1 N–H and O–H groups in total. The Labute approximate surface area is 105 Å². The molecule has 96 valence electrons. The van der Waals surface area contributed by atoms with E-state index in [2.05, 4.69) is 37.1 Å². The molecular formula is C14H24N2O. The van der Waals surface area contributed by atoms with Gasteiger partial charge < -0.3 is 10.1 Å². The van der Waals surface area contributed by atoms with Gasteiger partial charge in [0.15, 0.2) is 0 Å². The van der Waals surface area contributed by atoms with Crippen LogP contribution in [-0.2, 0) is 11.2 Å². The second-order valence-electron chi connectivity index (χ2n) is 4.54. The maximum atomic E-state index is 5.67. The standard InChI is InChI=1S/C14H24N2O/c1-4-16-14(11-17-12(2)3)8-7-13-6-5-9-15-10-13/h5-6,9-10,12,14,16H,4,7-8,11H2,1-3H3. The highest BCUT2D eigenvalue weighted by Gasteiger charge is 2.08. The molecule has 1 aromatic rings. The summed E-state index contributed by atoms with van der Waals surface area (Å²) in [5.41, 5.74) is 1.29. The second-order valence-corrected chi connectivity index (χ2v) is 4.54. The molecule has 0 radical (unpaired) electrons. The predicted octanol–water partition coefficient (Wildman–Crippen LogP) is 2.42. The van der Waals surface area contributed by atoms with Gasteiger partial charge in [0.05, 0.1) is 12.7 Å². The van der Waals surface area contributed by atoms with Crippen LogP contribution in [0.5, 0.6) is 0 Å². The maximum Gasteiger partial charge on any atom is 0.0623 e. The van der Waals surface area contributed by atoms with Crippen LogP contribution in [0.4, 0.5) is 0 Å². The maximum absolute atomic E-state index is 5.67. The van der Waals surface area contributed by atoms with Crippen LogP contribution in [0.2, 0.25) is 0 Å². The highest BCUT2D eigenvalue weighted by atomic mass is 16.5. The van der Waals surface area contributed by atoms with Crippen LogP contribution in [0.25, 0.3) is 0 Å². The molecule has 3 nitrogen and oxygen atoms in total. The van der Waals surface area contributed by atoms with Crippen molar-refractivity contribution in [3.63, 3.8) is 0 Å². The summed E-state index contributed by atoms with van der Waals surface area (Å²) in [6.45, 7) is 8.05. The third kappa shape index (κ3) is 6.39. The van der Waals surface area contributed by atoms with E-state index in [0.29, 0.717) is 12.1 Å². The van der Waals surface area contributed by atoms with Gasteiger partial charge in [0, 0.05) is 18.4 Å². The van der Waals surface area contributed by atoms with Gasteiger partial charge in [-0.05, 0) is 44.9 Å². The van der Waals surface area contributed by atoms with Crippen molar-refractivity contribution < 1.29 is 4.74 Å². The number of nitrogens with zero attached hydrogens (tertiary/aromatic N) is 1. The van der Waals surface area contributed by atoms with Crippen LogP contribution in [0, 0.1) is 0 Å². The zero-order valence-electron chi connectivity index (χ0n) is 11.1. The average molecular weight is 236 g/mol. The lowest BCUT2D eigenvalue weighted by atomic mass is 10.1. The Balaban J connectivity index is 2.33. The first-order valence-corrected chi connectivity index (χ1v) is 6.46. The molecular weight excluding hydrogens is 212 g/mol. The van der Waals surface area contributed by atoms with Crippen molar-refractivity contribution >= 4 is 0 Å². The van der Waals surface area contributed by atoms with Gasteiger partial charge in [-0.1, -0.05) is 13.0 Å². The Bertz CT molecular complexity index is 288. The highest BCUT2D eigenvalue weighted by molar-refractivity contribution is 5.08. The Kier molecular flexibility index (Phi) is 6.82. The topological polar surface area (TPSA) is 34.2 Å². The van der Waals surface area contributed by atoms with Crippen molar-refractivity contribution in [3.8, 4) is 0 Å². The summed E-state index contributed by atoms with van der Waals surface area (Å²) in [4.78, 5) is 4.13. The largest absolute Gasteiger partial charge is 0.377 e. The fourth-order valence-electron chi connectivity index (χ4n) is 1.73. The number of aromatic nitrogens is 1. The first kappa shape index (κ1) is 14.1. The van der Waals surface area contributed by atoms with Crippen molar-refractivity contribution in [3.05, 3.63) is 30.1 Å². The molecule has 1 heterocycles. The lowest BCUT2D eigenvalue weighted by Gasteiger charge is -2.19. The molecule has 1 aromatic heterocycles. The molecule has 0 saturated heterocycles. The van der Waals surface area contributed by atoms with Gasteiger partial charge in [0.25, 0.3) is 0 Å². The van der Waals surface area contributed by atoms with Crippen LogP contribution in [0.15, 0.2) is 24.5 Å². The number of ether oxygens (including phenoxy) is 1. The van der Waals surface area contributed by atoms with Gasteiger partial charge in [-0.2, -0.15) is 0 Å². The summed E-state index contributed by atoms with van der Waals surface area (Å²) in [7, 11) is 0. The normalized spacial score (nSPS) is 12.9. The lowest BCUT2D eigenvalue weighted by Crippen LogP contribution is -2.34. The molecule has 0 aliphatic heterocycles. The van der Waals surface area contributed by atoms with E-state index in [9.17, 15) is 0 Å². The van der Waals surface area contributed by atoms with Crippen LogP contribution in [-0.4, -0.2) is 30.3 Å². The van der Waals surface area contributed by atoms with E-state index >= 15 is 0 Å². The monoisotopic (exact) mass is 236 g/mol. The van der Waals surface area contributed by atoms with Crippen LogP contribution in [0.3, 0.4) is 0 Å². The van der Waals surface area contributed by atoms with Crippen LogP contribution >= 0.6 is 0 Å². The summed E-state index contributed by atoms with van der Waals surface area (Å²) < 4.78 is 5.67. The number of hydrogen-bond acceptors (Lipinski definition) is 3. The van der Waals surface area contributed by atoms with Crippen molar-refractivity contribution in [2.75, 3.05) is 13.2 Å². The minimum atomic E-state index is 0.301. The molecule has 0 aliphatic rings. The van der Waals surface area contributed by atoms with Gasteiger partial charge in [0.2, 0.25) is 0 Å². The lowest BCUT2D eigenvalue weighted by molar-refractivity contribution is 0.0599. The molecule has 3 heteroatoms. The number of rotatable bonds is 8. The zero-order chi connectivity index (χ0) is 12.5. The molecule has 1 rings (SSSR count). The molecule has 0 bridgehead atoms. The molecule has 17 heavy (non-hydrogen) atoms. The Hall–Kier alpha value is -0.930. The van der Waals surface area contributed by atoms with E-state index in [4.69, 9.17) is 4.74 Å². The Morgan fingerprint density at radius 2 is 2.24 bits per heavy atom. The highest BCUT2D eigenvalue weighted by Crippen LogP contribution is 2.05. The summed E-state index contributed by atoms with van der Waals surface area (Å²) in [5.74, 6) is 0. The van der Waals surface area contributed by atoms with Crippen molar-refractivity contribution in [2.45, 2.75) is 45.8 Å². The first-order chi connectivity index (χ1) is 8.22. The summed E-state index contributed by atoms with van der Waals surface area (Å²) in [6, 6.07) is 4.55. The predicted molar refractivity (Wildman–Crippen MR) is 71.1 cm³/mol. The number of hydrogen-bond donors (Lipinski definition) is 1. The zero-order valence-corrected chi connectivity index (χ0v) is 11.1. The summed E-state index contributed by atoms with van der Waals surface area (Å²) in [5, 5.41) is 3.46. The first-order valence-electron chi connectivity index (χ1n) is 6.46. The SMILES string of the molecule is CCNC(CCc1cccnc1)COC(C)C. The summed E-state index contributed by atoms with van der Waals surface area (Å²) >= 11 is 0. The Morgan fingerprint density at radius 1 is 1.41 bits per heavy atom. The van der Waals surface area contributed by atoms with Gasteiger partial charge in [-0.3, -0.25) is 4.98 Å². The number of nitrogens with one attached hydrogen (secondary N) is 1. The van der Waals surface area contributed by atoms with Crippen LogP contribution < -0.4 is 5.32 Å². The van der Waals surface area contributed by atoms with Gasteiger partial charge in [0.1, 0.15) is 0 Å². The molecule has 0 saturated carbocycles. The number of aryl methyl sites for hydroxylation is 1. The molecule has 0 spiro atoms. The Morgan fingerprint density at radius 3 is 2.82 bits per heavy atom.